The summed E-state index contributed by atoms with van der Waals surface area (Å²) < 4.78 is 1.89. The van der Waals surface area contributed by atoms with Crippen molar-refractivity contribution in [2.45, 2.75) is 38.6 Å². The van der Waals surface area contributed by atoms with Crippen LogP contribution in [0.4, 0.5) is 0 Å². The van der Waals surface area contributed by atoms with Crippen LogP contribution in [0.3, 0.4) is 0 Å². The lowest BCUT2D eigenvalue weighted by atomic mass is 10.1. The molecule has 0 aliphatic rings. The van der Waals surface area contributed by atoms with Crippen LogP contribution in [-0.4, -0.2) is 15.0 Å². The van der Waals surface area contributed by atoms with E-state index in [2.05, 4.69) is 65.2 Å². The Balaban J connectivity index is 2.13. The number of nitrogens with zero attached hydrogens (tertiary/aromatic N) is 3. The highest BCUT2D eigenvalue weighted by molar-refractivity contribution is 9.09. The molecule has 0 aliphatic carbocycles. The van der Waals surface area contributed by atoms with Crippen LogP contribution in [0.2, 0.25) is 0 Å². The number of aromatic nitrogens is 3. The Morgan fingerprint density at radius 3 is 2.72 bits per heavy atom. The van der Waals surface area contributed by atoms with E-state index < -0.39 is 0 Å². The predicted molar refractivity (Wildman–Crippen MR) is 77.0 cm³/mol. The fraction of sp³-hybridized carbons (Fsp3) is 0.429. The van der Waals surface area contributed by atoms with Gasteiger partial charge in [-0.3, -0.25) is 0 Å². The lowest BCUT2D eigenvalue weighted by molar-refractivity contribution is 0.648. The van der Waals surface area contributed by atoms with Crippen LogP contribution in [0.25, 0.3) is 0 Å². The van der Waals surface area contributed by atoms with E-state index in [1.165, 1.54) is 16.7 Å². The zero-order valence-corrected chi connectivity index (χ0v) is 12.6. The summed E-state index contributed by atoms with van der Waals surface area (Å²) in [6, 6.07) is 6.51. The Hall–Kier alpha value is -1.16. The summed E-state index contributed by atoms with van der Waals surface area (Å²) in [5.74, 6) is 0. The van der Waals surface area contributed by atoms with E-state index in [1.54, 1.807) is 0 Å². The van der Waals surface area contributed by atoms with Crippen molar-refractivity contribution < 1.29 is 0 Å². The largest absolute Gasteiger partial charge is 0.248 e. The predicted octanol–water partition coefficient (Wildman–Crippen LogP) is 3.79. The van der Waals surface area contributed by atoms with Crippen LogP contribution in [0.15, 0.2) is 24.4 Å². The van der Waals surface area contributed by atoms with Gasteiger partial charge in [-0.1, -0.05) is 46.3 Å². The van der Waals surface area contributed by atoms with Gasteiger partial charge in [-0.15, -0.1) is 5.10 Å². The molecule has 1 aromatic carbocycles. The van der Waals surface area contributed by atoms with E-state index in [4.69, 9.17) is 0 Å². The number of aryl methyl sites for hydroxylation is 2. The van der Waals surface area contributed by atoms with Gasteiger partial charge in [-0.2, -0.15) is 0 Å². The van der Waals surface area contributed by atoms with Crippen molar-refractivity contribution in [1.82, 2.24) is 15.0 Å². The molecule has 1 atom stereocenters. The minimum absolute atomic E-state index is 0.297. The smallest absolute Gasteiger partial charge is 0.0963 e. The number of benzene rings is 1. The van der Waals surface area contributed by atoms with Crippen LogP contribution in [0, 0.1) is 13.8 Å². The maximum atomic E-state index is 4.19. The molecule has 1 aromatic heterocycles. The highest BCUT2D eigenvalue weighted by atomic mass is 79.9. The third-order valence-corrected chi connectivity index (χ3v) is 4.27. The second-order valence-corrected chi connectivity index (χ2v) is 5.74. The van der Waals surface area contributed by atoms with Gasteiger partial charge in [0.25, 0.3) is 0 Å². The molecule has 1 unspecified atom stereocenters. The average molecular weight is 308 g/mol. The summed E-state index contributed by atoms with van der Waals surface area (Å²) in [7, 11) is 0. The standard InChI is InChI=1S/C14H18BrN3/c1-4-13(15)14-9-18(17-16-14)8-12-6-5-10(2)11(3)7-12/h5-7,9,13H,4,8H2,1-3H3. The molecule has 2 rings (SSSR count). The molecule has 96 valence electrons. The van der Waals surface area contributed by atoms with Gasteiger partial charge in [-0.05, 0) is 37.0 Å². The van der Waals surface area contributed by atoms with E-state index in [0.717, 1.165) is 18.7 Å². The van der Waals surface area contributed by atoms with Crippen molar-refractivity contribution in [3.63, 3.8) is 0 Å². The molecule has 0 aliphatic heterocycles. The Bertz CT molecular complexity index is 534. The normalized spacial score (nSPS) is 12.7. The highest BCUT2D eigenvalue weighted by Gasteiger charge is 2.09. The van der Waals surface area contributed by atoms with E-state index >= 15 is 0 Å². The first kappa shape index (κ1) is 13.3. The van der Waals surface area contributed by atoms with Crippen molar-refractivity contribution >= 4 is 15.9 Å². The Morgan fingerprint density at radius 1 is 1.28 bits per heavy atom. The molecule has 0 radical (unpaired) electrons. The van der Waals surface area contributed by atoms with Crippen molar-refractivity contribution in [1.29, 1.82) is 0 Å². The second kappa shape index (κ2) is 5.65. The number of hydrogen-bond donors (Lipinski definition) is 0. The van der Waals surface area contributed by atoms with Crippen LogP contribution in [-0.2, 0) is 6.54 Å². The molecule has 18 heavy (non-hydrogen) atoms. The van der Waals surface area contributed by atoms with Crippen LogP contribution < -0.4 is 0 Å². The molecule has 4 heteroatoms. The topological polar surface area (TPSA) is 30.7 Å². The summed E-state index contributed by atoms with van der Waals surface area (Å²) in [6.45, 7) is 7.17. The average Bonchev–Trinajstić information content (AvgIpc) is 2.81. The number of rotatable bonds is 4. The third-order valence-electron chi connectivity index (χ3n) is 3.15. The lowest BCUT2D eigenvalue weighted by Gasteiger charge is -2.05. The molecule has 0 N–H and O–H groups in total. The molecule has 0 saturated carbocycles. The molecule has 1 heterocycles. The van der Waals surface area contributed by atoms with Crippen molar-refractivity contribution in [2.75, 3.05) is 0 Å². The van der Waals surface area contributed by atoms with Crippen LogP contribution in [0.5, 0.6) is 0 Å². The molecule has 0 saturated heterocycles. The van der Waals surface area contributed by atoms with Crippen molar-refractivity contribution in [2.24, 2.45) is 0 Å². The summed E-state index contributed by atoms with van der Waals surface area (Å²) in [5.41, 5.74) is 4.91. The van der Waals surface area contributed by atoms with Gasteiger partial charge in [0.1, 0.15) is 0 Å². The maximum Gasteiger partial charge on any atom is 0.0963 e. The molecule has 3 nitrogen and oxygen atoms in total. The number of halogens is 1. The van der Waals surface area contributed by atoms with Crippen molar-refractivity contribution in [3.8, 4) is 0 Å². The summed E-state index contributed by atoms with van der Waals surface area (Å²) in [4.78, 5) is 0.297. The maximum absolute atomic E-state index is 4.19. The first-order chi connectivity index (χ1) is 8.60. The Morgan fingerprint density at radius 2 is 2.06 bits per heavy atom. The lowest BCUT2D eigenvalue weighted by Crippen LogP contribution is -2.01. The number of hydrogen-bond acceptors (Lipinski definition) is 2. The fourth-order valence-electron chi connectivity index (χ4n) is 1.83. The van der Waals surface area contributed by atoms with E-state index in [1.807, 2.05) is 10.9 Å². The third kappa shape index (κ3) is 2.99. The van der Waals surface area contributed by atoms with Crippen molar-refractivity contribution in [3.05, 3.63) is 46.8 Å². The van der Waals surface area contributed by atoms with Gasteiger partial charge in [-0.25, -0.2) is 4.68 Å². The molecule has 0 spiro atoms. The zero-order chi connectivity index (χ0) is 13.1. The molecular weight excluding hydrogens is 290 g/mol. The van der Waals surface area contributed by atoms with E-state index in [-0.39, 0.29) is 0 Å². The molecule has 0 amide bonds. The zero-order valence-electron chi connectivity index (χ0n) is 11.0. The monoisotopic (exact) mass is 307 g/mol. The van der Waals surface area contributed by atoms with E-state index in [0.29, 0.717) is 4.83 Å². The quantitative estimate of drug-likeness (QED) is 0.805. The van der Waals surface area contributed by atoms with Gasteiger partial charge in [0.2, 0.25) is 0 Å². The number of alkyl halides is 1. The fourth-order valence-corrected chi connectivity index (χ4v) is 2.04. The molecule has 2 aromatic rings. The van der Waals surface area contributed by atoms with Gasteiger partial charge in [0, 0.05) is 6.20 Å². The summed E-state index contributed by atoms with van der Waals surface area (Å²) in [6.07, 6.45) is 3.03. The van der Waals surface area contributed by atoms with Crippen LogP contribution in [0.1, 0.15) is 40.6 Å². The summed E-state index contributed by atoms with van der Waals surface area (Å²) >= 11 is 3.59. The Kier molecular flexibility index (Phi) is 4.17. The minimum Gasteiger partial charge on any atom is -0.248 e. The highest BCUT2D eigenvalue weighted by Crippen LogP contribution is 2.23. The Labute approximate surface area is 116 Å². The second-order valence-electron chi connectivity index (χ2n) is 4.64. The minimum atomic E-state index is 0.297. The molecule has 0 bridgehead atoms. The first-order valence-corrected chi connectivity index (χ1v) is 7.12. The van der Waals surface area contributed by atoms with Gasteiger partial charge >= 0.3 is 0 Å². The molecule has 0 fully saturated rings. The first-order valence-electron chi connectivity index (χ1n) is 6.20. The SMILES string of the molecule is CCC(Br)c1cn(Cc2ccc(C)c(C)c2)nn1. The van der Waals surface area contributed by atoms with Crippen LogP contribution >= 0.6 is 15.9 Å². The molecular formula is C14H18BrN3. The summed E-state index contributed by atoms with van der Waals surface area (Å²) in [5, 5.41) is 8.36. The van der Waals surface area contributed by atoms with E-state index in [9.17, 15) is 0 Å². The van der Waals surface area contributed by atoms with Gasteiger partial charge < -0.3 is 0 Å². The van der Waals surface area contributed by atoms with Gasteiger partial charge in [0.05, 0.1) is 17.1 Å². The van der Waals surface area contributed by atoms with Gasteiger partial charge in [0.15, 0.2) is 0 Å².